The number of nitrogens with zero attached hydrogens (tertiary/aromatic N) is 1. The van der Waals surface area contributed by atoms with Crippen LogP contribution in [0, 0.1) is 0 Å². The summed E-state index contributed by atoms with van der Waals surface area (Å²) in [6, 6.07) is 15.6. The van der Waals surface area contributed by atoms with Gasteiger partial charge in [-0.1, -0.05) is 48.5 Å². The number of hydrogen-bond donors (Lipinski definition) is 1. The molecular weight excluding hydrogens is 436 g/mol. The fraction of sp³-hybridized carbons (Fsp3) is 0.423. The first-order valence-electron chi connectivity index (χ1n) is 11.2. The normalized spacial score (nSPS) is 11.8. The number of amides is 2. The van der Waals surface area contributed by atoms with Crippen LogP contribution in [0.3, 0.4) is 0 Å². The van der Waals surface area contributed by atoms with E-state index >= 15 is 0 Å². The second kappa shape index (κ2) is 12.6. The fourth-order valence-electron chi connectivity index (χ4n) is 3.34. The molecule has 0 heterocycles. The molecular formula is C26H34N2O6. The van der Waals surface area contributed by atoms with Crippen molar-refractivity contribution in [1.29, 1.82) is 0 Å². The number of ether oxygens (including phenoxy) is 3. The van der Waals surface area contributed by atoms with Gasteiger partial charge in [0.25, 0.3) is 0 Å². The smallest absolute Gasteiger partial charge is 0.408 e. The Hall–Kier alpha value is -3.55. The van der Waals surface area contributed by atoms with E-state index in [1.807, 2.05) is 48.5 Å². The van der Waals surface area contributed by atoms with E-state index in [0.29, 0.717) is 5.75 Å². The van der Waals surface area contributed by atoms with Gasteiger partial charge in [0.2, 0.25) is 5.91 Å². The van der Waals surface area contributed by atoms with Gasteiger partial charge in [0.15, 0.2) is 0 Å². The Bertz CT molecular complexity index is 955. The van der Waals surface area contributed by atoms with Gasteiger partial charge >= 0.3 is 12.1 Å². The van der Waals surface area contributed by atoms with Crippen LogP contribution < -0.4 is 10.1 Å². The maximum Gasteiger partial charge on any atom is 0.408 e. The monoisotopic (exact) mass is 470 g/mol. The molecule has 0 aromatic heterocycles. The number of nitrogens with one attached hydrogen (secondary N) is 1. The third kappa shape index (κ3) is 8.77. The molecule has 1 N–H and O–H groups in total. The molecule has 1 atom stereocenters. The molecule has 0 saturated carbocycles. The van der Waals surface area contributed by atoms with Gasteiger partial charge in [-0.25, -0.2) is 4.79 Å². The molecule has 0 aliphatic carbocycles. The highest BCUT2D eigenvalue weighted by Crippen LogP contribution is 2.20. The Morgan fingerprint density at radius 1 is 1.00 bits per heavy atom. The highest BCUT2D eigenvalue weighted by atomic mass is 16.6. The number of alkyl carbamates (subject to hydrolysis) is 1. The molecule has 2 aromatic carbocycles. The van der Waals surface area contributed by atoms with Crippen LogP contribution >= 0.6 is 0 Å². The van der Waals surface area contributed by atoms with Crippen molar-refractivity contribution in [2.45, 2.75) is 52.3 Å². The number of para-hydroxylation sites is 1. The minimum Gasteiger partial charge on any atom is -0.496 e. The van der Waals surface area contributed by atoms with E-state index < -0.39 is 29.6 Å². The second-order valence-corrected chi connectivity index (χ2v) is 8.70. The fourth-order valence-corrected chi connectivity index (χ4v) is 3.34. The minimum absolute atomic E-state index is 0.149. The Kier molecular flexibility index (Phi) is 9.92. The zero-order chi connectivity index (χ0) is 25.1. The third-order valence-corrected chi connectivity index (χ3v) is 4.76. The quantitative estimate of drug-likeness (QED) is 0.532. The summed E-state index contributed by atoms with van der Waals surface area (Å²) in [7, 11) is 1.54. The lowest BCUT2D eigenvalue weighted by Gasteiger charge is -2.29. The number of carbonyl (C=O) groups is 3. The molecule has 0 spiro atoms. The van der Waals surface area contributed by atoms with E-state index in [1.165, 1.54) is 4.90 Å². The molecule has 0 aliphatic heterocycles. The lowest BCUT2D eigenvalue weighted by molar-refractivity contribution is -0.150. The van der Waals surface area contributed by atoms with E-state index in [2.05, 4.69) is 5.32 Å². The van der Waals surface area contributed by atoms with E-state index in [4.69, 9.17) is 14.2 Å². The second-order valence-electron chi connectivity index (χ2n) is 8.70. The Morgan fingerprint density at radius 2 is 1.65 bits per heavy atom. The molecule has 2 aromatic rings. The number of hydrogen-bond acceptors (Lipinski definition) is 6. The first kappa shape index (κ1) is 26.7. The van der Waals surface area contributed by atoms with Crippen LogP contribution in [0.25, 0.3) is 0 Å². The summed E-state index contributed by atoms with van der Waals surface area (Å²) in [6.45, 7) is 7.06. The predicted molar refractivity (Wildman–Crippen MR) is 128 cm³/mol. The first-order valence-corrected chi connectivity index (χ1v) is 11.2. The zero-order valence-electron chi connectivity index (χ0n) is 20.5. The van der Waals surface area contributed by atoms with Crippen molar-refractivity contribution in [3.05, 3.63) is 65.7 Å². The maximum absolute atomic E-state index is 13.7. The van der Waals surface area contributed by atoms with Crippen molar-refractivity contribution in [3.63, 3.8) is 0 Å². The first-order chi connectivity index (χ1) is 16.1. The summed E-state index contributed by atoms with van der Waals surface area (Å²) in [6.07, 6.45) is -0.576. The lowest BCUT2D eigenvalue weighted by atomic mass is 10.0. The number of benzene rings is 2. The van der Waals surface area contributed by atoms with Gasteiger partial charge in [-0.2, -0.15) is 0 Å². The summed E-state index contributed by atoms with van der Waals surface area (Å²) < 4.78 is 15.9. The Morgan fingerprint density at radius 3 is 2.26 bits per heavy atom. The maximum atomic E-state index is 13.7. The summed E-state index contributed by atoms with van der Waals surface area (Å²) in [4.78, 5) is 40.0. The van der Waals surface area contributed by atoms with Crippen LogP contribution in [0.1, 0.15) is 38.8 Å². The van der Waals surface area contributed by atoms with Gasteiger partial charge in [0, 0.05) is 13.0 Å². The molecule has 2 amide bonds. The summed E-state index contributed by atoms with van der Waals surface area (Å²) in [5.74, 6) is -0.375. The van der Waals surface area contributed by atoms with Gasteiger partial charge in [0.05, 0.1) is 13.7 Å². The number of methoxy groups -OCH3 is 1. The minimum atomic E-state index is -0.996. The van der Waals surface area contributed by atoms with Crippen LogP contribution in [0.5, 0.6) is 5.75 Å². The number of carbonyl (C=O) groups excluding carboxylic acids is 3. The molecule has 184 valence electrons. The van der Waals surface area contributed by atoms with Crippen LogP contribution in [-0.2, 0) is 32.0 Å². The van der Waals surface area contributed by atoms with Crippen LogP contribution in [0.4, 0.5) is 4.79 Å². The van der Waals surface area contributed by atoms with Gasteiger partial charge in [-0.15, -0.1) is 0 Å². The highest BCUT2D eigenvalue weighted by molar-refractivity contribution is 5.88. The van der Waals surface area contributed by atoms with Crippen molar-refractivity contribution in [2.24, 2.45) is 0 Å². The summed E-state index contributed by atoms with van der Waals surface area (Å²) in [5, 5.41) is 2.68. The van der Waals surface area contributed by atoms with Crippen molar-refractivity contribution in [2.75, 3.05) is 20.3 Å². The van der Waals surface area contributed by atoms with E-state index in [0.717, 1.165) is 11.1 Å². The van der Waals surface area contributed by atoms with Gasteiger partial charge < -0.3 is 24.4 Å². The molecule has 34 heavy (non-hydrogen) atoms. The van der Waals surface area contributed by atoms with E-state index in [1.54, 1.807) is 40.9 Å². The van der Waals surface area contributed by atoms with Crippen molar-refractivity contribution in [1.82, 2.24) is 10.2 Å². The molecule has 0 fully saturated rings. The topological polar surface area (TPSA) is 94.2 Å². The van der Waals surface area contributed by atoms with Crippen LogP contribution in [-0.4, -0.2) is 54.8 Å². The molecule has 8 heteroatoms. The lowest BCUT2D eigenvalue weighted by Crippen LogP contribution is -2.51. The van der Waals surface area contributed by atoms with Crippen molar-refractivity contribution < 1.29 is 28.6 Å². The average molecular weight is 471 g/mol. The van der Waals surface area contributed by atoms with Crippen molar-refractivity contribution in [3.8, 4) is 5.75 Å². The molecule has 0 radical (unpaired) electrons. The Labute approximate surface area is 201 Å². The highest BCUT2D eigenvalue weighted by Gasteiger charge is 2.30. The molecule has 0 saturated heterocycles. The van der Waals surface area contributed by atoms with Gasteiger partial charge in [0.1, 0.15) is 23.9 Å². The van der Waals surface area contributed by atoms with E-state index in [-0.39, 0.29) is 26.1 Å². The standard InChI is InChI=1S/C26H34N2O6/c1-6-33-23(29)18-28(17-19-12-8-7-9-13-19)24(30)21(27-25(31)34-26(2,3)4)16-20-14-10-11-15-22(20)32-5/h7-15,21H,6,16-18H2,1-5H3,(H,27,31). The number of esters is 1. The average Bonchev–Trinajstić information content (AvgIpc) is 2.77. The van der Waals surface area contributed by atoms with E-state index in [9.17, 15) is 14.4 Å². The van der Waals surface area contributed by atoms with Gasteiger partial charge in [-0.05, 0) is 44.9 Å². The largest absolute Gasteiger partial charge is 0.496 e. The molecule has 0 aliphatic rings. The molecule has 2 rings (SSSR count). The van der Waals surface area contributed by atoms with Crippen LogP contribution in [0.2, 0.25) is 0 Å². The van der Waals surface area contributed by atoms with Crippen molar-refractivity contribution >= 4 is 18.0 Å². The SMILES string of the molecule is CCOC(=O)CN(Cc1ccccc1)C(=O)C(Cc1ccccc1OC)NC(=O)OC(C)(C)C. The molecule has 8 nitrogen and oxygen atoms in total. The van der Waals surface area contributed by atoms with Crippen LogP contribution in [0.15, 0.2) is 54.6 Å². The summed E-state index contributed by atoms with van der Waals surface area (Å²) >= 11 is 0. The molecule has 1 unspecified atom stereocenters. The predicted octanol–water partition coefficient (Wildman–Crippen LogP) is 3.72. The zero-order valence-corrected chi connectivity index (χ0v) is 20.5. The van der Waals surface area contributed by atoms with Gasteiger partial charge in [-0.3, -0.25) is 9.59 Å². The molecule has 0 bridgehead atoms. The Balaban J connectivity index is 2.36. The summed E-state index contributed by atoms with van der Waals surface area (Å²) in [5.41, 5.74) is 0.834. The third-order valence-electron chi connectivity index (χ3n) is 4.76. The number of rotatable bonds is 10.